The predicted octanol–water partition coefficient (Wildman–Crippen LogP) is 3.97. The van der Waals surface area contributed by atoms with Crippen LogP contribution < -0.4 is 0 Å². The maximum atomic E-state index is 5.66. The van der Waals surface area contributed by atoms with E-state index in [-0.39, 0.29) is 0 Å². The molecule has 78 valence electrons. The van der Waals surface area contributed by atoms with Crippen molar-refractivity contribution in [1.82, 2.24) is 4.98 Å². The van der Waals surface area contributed by atoms with Crippen LogP contribution in [0.15, 0.2) is 5.38 Å². The van der Waals surface area contributed by atoms with Crippen molar-refractivity contribution < 1.29 is 0 Å². The predicted molar refractivity (Wildman–Crippen MR) is 62.4 cm³/mol. The molecular formula is C11H16ClNS. The maximum Gasteiger partial charge on any atom is 0.0928 e. The molecule has 1 nitrogen and oxygen atoms in total. The van der Waals surface area contributed by atoms with Crippen molar-refractivity contribution in [2.75, 3.05) is 5.88 Å². The number of aromatic nitrogens is 1. The fourth-order valence-electron chi connectivity index (χ4n) is 2.07. The molecule has 1 saturated carbocycles. The highest BCUT2D eigenvalue weighted by atomic mass is 35.5. The monoisotopic (exact) mass is 229 g/mol. The second-order valence-corrected chi connectivity index (χ2v) is 5.26. The van der Waals surface area contributed by atoms with Crippen LogP contribution >= 0.6 is 22.9 Å². The number of alkyl halides is 1. The van der Waals surface area contributed by atoms with E-state index in [9.17, 15) is 0 Å². The van der Waals surface area contributed by atoms with Crippen LogP contribution in [0.2, 0.25) is 0 Å². The lowest BCUT2D eigenvalue weighted by Crippen LogP contribution is -1.93. The van der Waals surface area contributed by atoms with E-state index in [4.69, 9.17) is 11.6 Å². The van der Waals surface area contributed by atoms with Crippen molar-refractivity contribution in [2.45, 2.75) is 44.4 Å². The molecule has 14 heavy (non-hydrogen) atoms. The second-order valence-electron chi connectivity index (χ2n) is 3.94. The number of hydrogen-bond acceptors (Lipinski definition) is 2. The van der Waals surface area contributed by atoms with Gasteiger partial charge >= 0.3 is 0 Å². The van der Waals surface area contributed by atoms with Gasteiger partial charge in [-0.25, -0.2) is 4.98 Å². The molecule has 0 spiro atoms. The molecule has 1 aromatic rings. The van der Waals surface area contributed by atoms with E-state index in [1.807, 2.05) is 0 Å². The van der Waals surface area contributed by atoms with E-state index in [1.54, 1.807) is 11.3 Å². The Morgan fingerprint density at radius 1 is 1.43 bits per heavy atom. The minimum absolute atomic E-state index is 0.748. The highest BCUT2D eigenvalue weighted by Gasteiger charge is 2.19. The molecule has 3 heteroatoms. The Hall–Kier alpha value is -0.0800. The zero-order chi connectivity index (χ0) is 9.80. The van der Waals surface area contributed by atoms with Gasteiger partial charge in [-0.1, -0.05) is 12.8 Å². The van der Waals surface area contributed by atoms with Crippen molar-refractivity contribution in [2.24, 2.45) is 0 Å². The van der Waals surface area contributed by atoms with E-state index in [0.717, 1.165) is 24.6 Å². The zero-order valence-electron chi connectivity index (χ0n) is 8.34. The van der Waals surface area contributed by atoms with Gasteiger partial charge in [-0.15, -0.1) is 22.9 Å². The standard InChI is InChI=1S/C11H16ClNS/c12-7-3-6-11-13-10(8-14-11)9-4-1-2-5-9/h8-9H,1-7H2. The van der Waals surface area contributed by atoms with Crippen LogP contribution in [0.4, 0.5) is 0 Å². The first-order valence-corrected chi connectivity index (χ1v) is 6.82. The van der Waals surface area contributed by atoms with Gasteiger partial charge in [0, 0.05) is 23.6 Å². The first-order valence-electron chi connectivity index (χ1n) is 5.40. The molecule has 0 aliphatic heterocycles. The van der Waals surface area contributed by atoms with E-state index in [1.165, 1.54) is 36.4 Å². The summed E-state index contributed by atoms with van der Waals surface area (Å²) in [6.07, 6.45) is 7.58. The quantitative estimate of drug-likeness (QED) is 0.712. The summed E-state index contributed by atoms with van der Waals surface area (Å²) in [5, 5.41) is 3.52. The number of thiazole rings is 1. The Kier molecular flexibility index (Phi) is 3.82. The first kappa shape index (κ1) is 10.4. The van der Waals surface area contributed by atoms with Gasteiger partial charge in [-0.05, 0) is 19.3 Å². The highest BCUT2D eigenvalue weighted by molar-refractivity contribution is 7.09. The average Bonchev–Trinajstić information content (AvgIpc) is 2.85. The zero-order valence-corrected chi connectivity index (χ0v) is 9.91. The van der Waals surface area contributed by atoms with Crippen molar-refractivity contribution in [3.05, 3.63) is 16.1 Å². The molecule has 1 aromatic heterocycles. The minimum atomic E-state index is 0.748. The fourth-order valence-corrected chi connectivity index (χ4v) is 3.12. The molecule has 0 amide bonds. The number of hydrogen-bond donors (Lipinski definition) is 0. The van der Waals surface area contributed by atoms with Gasteiger partial charge in [0.1, 0.15) is 0 Å². The van der Waals surface area contributed by atoms with E-state index in [2.05, 4.69) is 10.4 Å². The molecule has 1 heterocycles. The largest absolute Gasteiger partial charge is 0.246 e. The van der Waals surface area contributed by atoms with Gasteiger partial charge in [-0.3, -0.25) is 0 Å². The highest BCUT2D eigenvalue weighted by Crippen LogP contribution is 2.34. The Morgan fingerprint density at radius 2 is 2.21 bits per heavy atom. The van der Waals surface area contributed by atoms with E-state index in [0.29, 0.717) is 0 Å². The third-order valence-electron chi connectivity index (χ3n) is 2.87. The lowest BCUT2D eigenvalue weighted by Gasteiger charge is -2.02. The van der Waals surface area contributed by atoms with Gasteiger partial charge in [0.05, 0.1) is 10.7 Å². The molecule has 1 fully saturated rings. The molecule has 0 unspecified atom stereocenters. The van der Waals surface area contributed by atoms with Crippen molar-refractivity contribution in [1.29, 1.82) is 0 Å². The van der Waals surface area contributed by atoms with Gasteiger partial charge < -0.3 is 0 Å². The maximum absolute atomic E-state index is 5.66. The molecule has 0 bridgehead atoms. The summed E-state index contributed by atoms with van der Waals surface area (Å²) in [5.74, 6) is 1.51. The summed E-state index contributed by atoms with van der Waals surface area (Å²) in [6, 6.07) is 0. The van der Waals surface area contributed by atoms with Crippen LogP contribution in [-0.4, -0.2) is 10.9 Å². The summed E-state index contributed by atoms with van der Waals surface area (Å²) in [6.45, 7) is 0. The molecule has 0 N–H and O–H groups in total. The molecular weight excluding hydrogens is 214 g/mol. The minimum Gasteiger partial charge on any atom is -0.246 e. The number of aryl methyl sites for hydroxylation is 1. The second kappa shape index (κ2) is 5.13. The Bertz CT molecular complexity index is 279. The summed E-state index contributed by atoms with van der Waals surface area (Å²) in [4.78, 5) is 4.69. The topological polar surface area (TPSA) is 12.9 Å². The Labute approximate surface area is 94.5 Å². The molecule has 0 atom stereocenters. The Morgan fingerprint density at radius 3 is 2.93 bits per heavy atom. The summed E-state index contributed by atoms with van der Waals surface area (Å²) < 4.78 is 0. The summed E-state index contributed by atoms with van der Waals surface area (Å²) in [5.41, 5.74) is 1.34. The number of halogens is 1. The van der Waals surface area contributed by atoms with Crippen molar-refractivity contribution >= 4 is 22.9 Å². The smallest absolute Gasteiger partial charge is 0.0928 e. The number of nitrogens with zero attached hydrogens (tertiary/aromatic N) is 1. The van der Waals surface area contributed by atoms with Gasteiger partial charge in [0.15, 0.2) is 0 Å². The van der Waals surface area contributed by atoms with Gasteiger partial charge in [0.2, 0.25) is 0 Å². The van der Waals surface area contributed by atoms with Crippen molar-refractivity contribution in [3.8, 4) is 0 Å². The molecule has 0 radical (unpaired) electrons. The normalized spacial score (nSPS) is 17.8. The van der Waals surface area contributed by atoms with Crippen LogP contribution in [0.1, 0.15) is 48.7 Å². The third-order valence-corrected chi connectivity index (χ3v) is 4.06. The lowest BCUT2D eigenvalue weighted by atomic mass is 10.1. The molecule has 2 rings (SSSR count). The average molecular weight is 230 g/mol. The van der Waals surface area contributed by atoms with Crippen LogP contribution in [0, 0.1) is 0 Å². The molecule has 1 aliphatic carbocycles. The molecule has 1 aliphatic rings. The summed E-state index contributed by atoms with van der Waals surface area (Å²) in [7, 11) is 0. The van der Waals surface area contributed by atoms with Gasteiger partial charge in [-0.2, -0.15) is 0 Å². The third kappa shape index (κ3) is 2.48. The summed E-state index contributed by atoms with van der Waals surface area (Å²) >= 11 is 7.47. The Balaban J connectivity index is 1.94. The lowest BCUT2D eigenvalue weighted by molar-refractivity contribution is 0.698. The SMILES string of the molecule is ClCCCc1nc(C2CCCC2)cs1. The van der Waals surface area contributed by atoms with Crippen LogP contribution in [0.5, 0.6) is 0 Å². The van der Waals surface area contributed by atoms with Crippen LogP contribution in [0.3, 0.4) is 0 Å². The van der Waals surface area contributed by atoms with E-state index < -0.39 is 0 Å². The first-order chi connectivity index (χ1) is 6.90. The fraction of sp³-hybridized carbons (Fsp3) is 0.727. The van der Waals surface area contributed by atoms with E-state index >= 15 is 0 Å². The van der Waals surface area contributed by atoms with Gasteiger partial charge in [0.25, 0.3) is 0 Å². The van der Waals surface area contributed by atoms with Crippen LogP contribution in [0.25, 0.3) is 0 Å². The number of rotatable bonds is 4. The van der Waals surface area contributed by atoms with Crippen molar-refractivity contribution in [3.63, 3.8) is 0 Å². The molecule has 0 aromatic carbocycles. The molecule has 0 saturated heterocycles. The van der Waals surface area contributed by atoms with Crippen LogP contribution in [-0.2, 0) is 6.42 Å².